The fraction of sp³-hybridized carbons (Fsp3) is 0.273. The van der Waals surface area contributed by atoms with Gasteiger partial charge in [-0.2, -0.15) is 0 Å². The van der Waals surface area contributed by atoms with Gasteiger partial charge >= 0.3 is 6.03 Å². The number of urea groups is 1. The predicted molar refractivity (Wildman–Crippen MR) is 116 cm³/mol. The number of hydrogen-bond donors (Lipinski definition) is 3. The Bertz CT molecular complexity index is 1120. The molecule has 9 nitrogen and oxygen atoms in total. The van der Waals surface area contributed by atoms with Crippen LogP contribution in [0.3, 0.4) is 0 Å². The number of imide groups is 1. The number of rotatable bonds is 5. The summed E-state index contributed by atoms with van der Waals surface area (Å²) in [6, 6.07) is 9.14. The molecule has 0 spiro atoms. The van der Waals surface area contributed by atoms with Crippen LogP contribution in [0.1, 0.15) is 34.3 Å². The maximum absolute atomic E-state index is 12.7. The molecule has 2 aromatic carbocycles. The Labute approximate surface area is 189 Å². The molecule has 0 radical (unpaired) electrons. The molecule has 2 aliphatic heterocycles. The Morgan fingerprint density at radius 1 is 1.22 bits per heavy atom. The normalized spacial score (nSPS) is 17.6. The van der Waals surface area contributed by atoms with Crippen molar-refractivity contribution in [3.8, 4) is 5.75 Å². The number of amides is 5. The van der Waals surface area contributed by atoms with Gasteiger partial charge in [-0.05, 0) is 35.7 Å². The van der Waals surface area contributed by atoms with E-state index in [1.165, 1.54) is 12.0 Å². The number of carbonyl (C=O) groups is 4. The smallest absolute Gasteiger partial charge is 0.319 e. The van der Waals surface area contributed by atoms with Crippen molar-refractivity contribution in [2.24, 2.45) is 0 Å². The largest absolute Gasteiger partial charge is 0.495 e. The number of piperidine rings is 1. The van der Waals surface area contributed by atoms with Crippen molar-refractivity contribution in [3.05, 3.63) is 58.1 Å². The first kappa shape index (κ1) is 21.6. The molecule has 32 heavy (non-hydrogen) atoms. The number of benzene rings is 2. The summed E-state index contributed by atoms with van der Waals surface area (Å²) in [7, 11) is 1.49. The summed E-state index contributed by atoms with van der Waals surface area (Å²) in [4.78, 5) is 50.0. The summed E-state index contributed by atoms with van der Waals surface area (Å²) in [6.45, 7) is 0.529. The number of nitrogens with one attached hydrogen (secondary N) is 3. The summed E-state index contributed by atoms with van der Waals surface area (Å²) in [5, 5.41) is 8.20. The third-order valence-electron chi connectivity index (χ3n) is 5.45. The molecule has 10 heteroatoms. The number of fused-ring (bicyclic) bond motifs is 1. The highest BCUT2D eigenvalue weighted by Crippen LogP contribution is 2.29. The third-order valence-corrected chi connectivity index (χ3v) is 5.76. The van der Waals surface area contributed by atoms with Crippen molar-refractivity contribution in [1.29, 1.82) is 0 Å². The van der Waals surface area contributed by atoms with Crippen molar-refractivity contribution in [2.75, 3.05) is 12.4 Å². The van der Waals surface area contributed by atoms with E-state index < -0.39 is 18.0 Å². The minimum Gasteiger partial charge on any atom is -0.495 e. The zero-order valence-electron chi connectivity index (χ0n) is 17.2. The maximum Gasteiger partial charge on any atom is 0.319 e. The SMILES string of the molecule is COc1cc(NC(=O)NCc2ccc3c(c2)CN(C2CCC(=O)NC2=O)C3=O)ccc1Cl. The van der Waals surface area contributed by atoms with Gasteiger partial charge in [0.15, 0.2) is 0 Å². The van der Waals surface area contributed by atoms with Gasteiger partial charge in [0, 0.05) is 36.8 Å². The van der Waals surface area contributed by atoms with Crippen LogP contribution in [-0.4, -0.2) is 41.8 Å². The third kappa shape index (κ3) is 4.38. The quantitative estimate of drug-likeness (QED) is 0.597. The molecular formula is C22H21ClN4O5. The van der Waals surface area contributed by atoms with E-state index in [2.05, 4.69) is 16.0 Å². The van der Waals surface area contributed by atoms with E-state index in [0.717, 1.165) is 11.1 Å². The van der Waals surface area contributed by atoms with Crippen LogP contribution in [0.2, 0.25) is 5.02 Å². The molecule has 1 atom stereocenters. The first-order valence-electron chi connectivity index (χ1n) is 10.0. The molecule has 0 saturated carbocycles. The number of hydrogen-bond acceptors (Lipinski definition) is 5. The van der Waals surface area contributed by atoms with Crippen LogP contribution in [0.15, 0.2) is 36.4 Å². The Hall–Kier alpha value is -3.59. The molecule has 1 unspecified atom stereocenters. The predicted octanol–water partition coefficient (Wildman–Crippen LogP) is 2.43. The van der Waals surface area contributed by atoms with Gasteiger partial charge in [-0.25, -0.2) is 4.79 Å². The molecule has 4 rings (SSSR count). The summed E-state index contributed by atoms with van der Waals surface area (Å²) in [5.74, 6) is -0.546. The number of halogens is 1. The average Bonchev–Trinajstić information content (AvgIpc) is 3.09. The minimum absolute atomic E-state index is 0.209. The lowest BCUT2D eigenvalue weighted by molar-refractivity contribution is -0.136. The molecule has 0 aromatic heterocycles. The Kier molecular flexibility index (Phi) is 6.00. The zero-order chi connectivity index (χ0) is 22.8. The maximum atomic E-state index is 12.7. The Balaban J connectivity index is 1.37. The van der Waals surface area contributed by atoms with Gasteiger partial charge in [-0.1, -0.05) is 23.7 Å². The topological polar surface area (TPSA) is 117 Å². The molecule has 2 aromatic rings. The number of carbonyl (C=O) groups excluding carboxylic acids is 4. The number of anilines is 1. The highest BCUT2D eigenvalue weighted by atomic mass is 35.5. The second-order valence-electron chi connectivity index (χ2n) is 7.55. The Morgan fingerprint density at radius 3 is 2.78 bits per heavy atom. The zero-order valence-corrected chi connectivity index (χ0v) is 18.0. The monoisotopic (exact) mass is 456 g/mol. The van der Waals surface area contributed by atoms with Crippen LogP contribution in [-0.2, 0) is 22.7 Å². The van der Waals surface area contributed by atoms with Crippen LogP contribution in [0.4, 0.5) is 10.5 Å². The second kappa shape index (κ2) is 8.88. The first-order valence-corrected chi connectivity index (χ1v) is 10.4. The lowest BCUT2D eigenvalue weighted by Gasteiger charge is -2.29. The fourth-order valence-electron chi connectivity index (χ4n) is 3.83. The van der Waals surface area contributed by atoms with Crippen LogP contribution in [0.5, 0.6) is 5.75 Å². The van der Waals surface area contributed by atoms with Crippen LogP contribution in [0, 0.1) is 0 Å². The van der Waals surface area contributed by atoms with E-state index in [1.54, 1.807) is 30.3 Å². The van der Waals surface area contributed by atoms with E-state index in [9.17, 15) is 19.2 Å². The van der Waals surface area contributed by atoms with Gasteiger partial charge in [0.05, 0.1) is 12.1 Å². The average molecular weight is 457 g/mol. The highest BCUT2D eigenvalue weighted by molar-refractivity contribution is 6.32. The second-order valence-corrected chi connectivity index (χ2v) is 7.96. The molecule has 1 saturated heterocycles. The lowest BCUT2D eigenvalue weighted by atomic mass is 10.0. The van der Waals surface area contributed by atoms with E-state index in [-0.39, 0.29) is 31.3 Å². The van der Waals surface area contributed by atoms with Crippen LogP contribution >= 0.6 is 11.6 Å². The van der Waals surface area contributed by atoms with E-state index in [1.807, 2.05) is 6.07 Å². The molecule has 2 heterocycles. The molecule has 3 N–H and O–H groups in total. The minimum atomic E-state index is -0.656. The van der Waals surface area contributed by atoms with E-state index >= 15 is 0 Å². The number of nitrogens with zero attached hydrogens (tertiary/aromatic N) is 1. The molecule has 0 aliphatic carbocycles. The van der Waals surface area contributed by atoms with Crippen LogP contribution < -0.4 is 20.7 Å². The number of methoxy groups -OCH3 is 1. The number of ether oxygens (including phenoxy) is 1. The van der Waals surface area contributed by atoms with Crippen LogP contribution in [0.25, 0.3) is 0 Å². The van der Waals surface area contributed by atoms with Gasteiger partial charge in [0.1, 0.15) is 11.8 Å². The van der Waals surface area contributed by atoms with Gasteiger partial charge in [-0.3, -0.25) is 19.7 Å². The van der Waals surface area contributed by atoms with Gasteiger partial charge in [0.2, 0.25) is 11.8 Å². The van der Waals surface area contributed by atoms with Crippen molar-refractivity contribution in [2.45, 2.75) is 32.0 Å². The fourth-order valence-corrected chi connectivity index (χ4v) is 4.03. The summed E-state index contributed by atoms with van der Waals surface area (Å²) in [6.07, 6.45) is 0.523. The lowest BCUT2D eigenvalue weighted by Crippen LogP contribution is -2.52. The van der Waals surface area contributed by atoms with Crippen molar-refractivity contribution in [1.82, 2.24) is 15.5 Å². The van der Waals surface area contributed by atoms with Gasteiger partial charge in [-0.15, -0.1) is 0 Å². The van der Waals surface area contributed by atoms with Crippen molar-refractivity contribution >= 4 is 41.0 Å². The molecule has 166 valence electrons. The Morgan fingerprint density at radius 2 is 2.03 bits per heavy atom. The first-order chi connectivity index (χ1) is 15.4. The van der Waals surface area contributed by atoms with Crippen molar-refractivity contribution in [3.63, 3.8) is 0 Å². The standard InChI is InChI=1S/C22H21ClN4O5/c1-32-18-9-14(3-5-16(18)23)25-22(31)24-10-12-2-4-15-13(8-12)11-27(21(15)30)17-6-7-19(28)26-20(17)29/h2-5,8-9,17H,6-7,10-11H2,1H3,(H2,24,25,31)(H,26,28,29). The summed E-state index contributed by atoms with van der Waals surface area (Å²) >= 11 is 5.99. The van der Waals surface area contributed by atoms with E-state index in [0.29, 0.717) is 28.4 Å². The summed E-state index contributed by atoms with van der Waals surface area (Å²) in [5.41, 5.74) is 2.65. The summed E-state index contributed by atoms with van der Waals surface area (Å²) < 4.78 is 5.14. The van der Waals surface area contributed by atoms with Gasteiger partial charge < -0.3 is 20.3 Å². The van der Waals surface area contributed by atoms with E-state index in [4.69, 9.17) is 16.3 Å². The molecule has 5 amide bonds. The molecule has 0 bridgehead atoms. The van der Waals surface area contributed by atoms with Crippen molar-refractivity contribution < 1.29 is 23.9 Å². The highest BCUT2D eigenvalue weighted by Gasteiger charge is 2.39. The molecular weight excluding hydrogens is 436 g/mol. The van der Waals surface area contributed by atoms with Gasteiger partial charge in [0.25, 0.3) is 5.91 Å². The molecule has 2 aliphatic rings. The molecule has 1 fully saturated rings.